The lowest BCUT2D eigenvalue weighted by atomic mass is 10.1. The summed E-state index contributed by atoms with van der Waals surface area (Å²) in [4.78, 5) is 13.7. The van der Waals surface area contributed by atoms with E-state index in [1.807, 2.05) is 13.8 Å². The molecule has 1 heterocycles. The molecular formula is C11H21NO3. The summed E-state index contributed by atoms with van der Waals surface area (Å²) in [5, 5.41) is 8.90. The van der Waals surface area contributed by atoms with Gasteiger partial charge in [-0.15, -0.1) is 0 Å². The summed E-state index contributed by atoms with van der Waals surface area (Å²) in [5.41, 5.74) is 0. The monoisotopic (exact) mass is 215 g/mol. The molecule has 1 atom stereocenters. The van der Waals surface area contributed by atoms with Crippen molar-refractivity contribution in [1.82, 2.24) is 4.90 Å². The van der Waals surface area contributed by atoms with Crippen molar-refractivity contribution in [1.29, 1.82) is 0 Å². The topological polar surface area (TPSA) is 49.8 Å². The van der Waals surface area contributed by atoms with Crippen LogP contribution in [-0.2, 0) is 9.53 Å². The zero-order valence-electron chi connectivity index (χ0n) is 9.61. The van der Waals surface area contributed by atoms with Crippen LogP contribution >= 0.6 is 0 Å². The molecule has 0 saturated carbocycles. The van der Waals surface area contributed by atoms with E-state index >= 15 is 0 Å². The molecule has 0 bridgehead atoms. The molecule has 1 aliphatic rings. The van der Waals surface area contributed by atoms with Gasteiger partial charge in [0.25, 0.3) is 5.91 Å². The summed E-state index contributed by atoms with van der Waals surface area (Å²) in [6.45, 7) is 5.00. The van der Waals surface area contributed by atoms with Gasteiger partial charge in [-0.05, 0) is 33.1 Å². The van der Waals surface area contributed by atoms with Crippen LogP contribution in [-0.4, -0.2) is 47.8 Å². The zero-order chi connectivity index (χ0) is 11.3. The van der Waals surface area contributed by atoms with Crippen molar-refractivity contribution in [3.63, 3.8) is 0 Å². The highest BCUT2D eigenvalue weighted by molar-refractivity contribution is 5.81. The van der Waals surface area contributed by atoms with Gasteiger partial charge < -0.3 is 14.7 Å². The second kappa shape index (κ2) is 6.08. The fourth-order valence-corrected chi connectivity index (χ4v) is 1.85. The number of carbonyl (C=O) groups excluding carboxylic acids is 1. The first-order valence-corrected chi connectivity index (χ1v) is 5.69. The molecule has 4 nitrogen and oxygen atoms in total. The molecule has 88 valence electrons. The van der Waals surface area contributed by atoms with Crippen molar-refractivity contribution >= 4 is 5.91 Å². The largest absolute Gasteiger partial charge is 0.395 e. The molecule has 1 unspecified atom stereocenters. The molecule has 0 aliphatic carbocycles. The Bertz CT molecular complexity index is 200. The van der Waals surface area contributed by atoms with E-state index in [0.29, 0.717) is 13.2 Å². The minimum Gasteiger partial charge on any atom is -0.395 e. The molecule has 1 aliphatic heterocycles. The molecule has 0 aromatic rings. The number of rotatable bonds is 4. The van der Waals surface area contributed by atoms with Crippen LogP contribution in [0.4, 0.5) is 0 Å². The van der Waals surface area contributed by atoms with Crippen LogP contribution < -0.4 is 0 Å². The molecule has 1 saturated heterocycles. The highest BCUT2D eigenvalue weighted by atomic mass is 16.5. The number of amides is 1. The number of aliphatic hydroxyl groups excluding tert-OH is 1. The van der Waals surface area contributed by atoms with E-state index in [9.17, 15) is 4.79 Å². The summed E-state index contributed by atoms with van der Waals surface area (Å²) < 4.78 is 5.44. The van der Waals surface area contributed by atoms with Gasteiger partial charge in [0.15, 0.2) is 0 Å². The number of carbonyl (C=O) groups is 1. The van der Waals surface area contributed by atoms with Gasteiger partial charge in [-0.3, -0.25) is 4.79 Å². The summed E-state index contributed by atoms with van der Waals surface area (Å²) in [6, 6.07) is 0.121. The maximum absolute atomic E-state index is 12.0. The zero-order valence-corrected chi connectivity index (χ0v) is 9.61. The Morgan fingerprint density at radius 1 is 1.53 bits per heavy atom. The molecule has 1 amide bonds. The van der Waals surface area contributed by atoms with Crippen molar-refractivity contribution in [2.75, 3.05) is 19.8 Å². The molecule has 0 radical (unpaired) electrons. The quantitative estimate of drug-likeness (QED) is 0.754. The Labute approximate surface area is 91.2 Å². The van der Waals surface area contributed by atoms with Crippen LogP contribution in [0.25, 0.3) is 0 Å². The van der Waals surface area contributed by atoms with E-state index in [2.05, 4.69) is 0 Å². The summed E-state index contributed by atoms with van der Waals surface area (Å²) in [6.07, 6.45) is 2.63. The average molecular weight is 215 g/mol. The Morgan fingerprint density at radius 3 is 2.73 bits per heavy atom. The van der Waals surface area contributed by atoms with Gasteiger partial charge in [0, 0.05) is 19.2 Å². The molecule has 1 fully saturated rings. The molecule has 15 heavy (non-hydrogen) atoms. The van der Waals surface area contributed by atoms with Crippen LogP contribution in [0.15, 0.2) is 0 Å². The van der Waals surface area contributed by atoms with Crippen LogP contribution in [0, 0.1) is 0 Å². The van der Waals surface area contributed by atoms with Crippen LogP contribution in [0.1, 0.15) is 33.1 Å². The lowest BCUT2D eigenvalue weighted by Gasteiger charge is -2.31. The van der Waals surface area contributed by atoms with Crippen molar-refractivity contribution < 1.29 is 14.6 Å². The van der Waals surface area contributed by atoms with Crippen molar-refractivity contribution in [3.05, 3.63) is 0 Å². The van der Waals surface area contributed by atoms with E-state index in [0.717, 1.165) is 19.3 Å². The third-order valence-corrected chi connectivity index (χ3v) is 2.70. The van der Waals surface area contributed by atoms with Gasteiger partial charge in [-0.2, -0.15) is 0 Å². The van der Waals surface area contributed by atoms with Crippen LogP contribution in [0.3, 0.4) is 0 Å². The van der Waals surface area contributed by atoms with Gasteiger partial charge >= 0.3 is 0 Å². The third-order valence-electron chi connectivity index (χ3n) is 2.70. The highest BCUT2D eigenvalue weighted by Gasteiger charge is 2.27. The molecule has 4 heteroatoms. The number of hydrogen-bond acceptors (Lipinski definition) is 3. The van der Waals surface area contributed by atoms with Gasteiger partial charge in [-0.25, -0.2) is 0 Å². The van der Waals surface area contributed by atoms with Crippen LogP contribution in [0.2, 0.25) is 0 Å². The summed E-state index contributed by atoms with van der Waals surface area (Å²) >= 11 is 0. The predicted molar refractivity (Wildman–Crippen MR) is 57.5 cm³/mol. The molecule has 0 spiro atoms. The first-order valence-electron chi connectivity index (χ1n) is 5.69. The summed E-state index contributed by atoms with van der Waals surface area (Å²) in [5.74, 6) is 0.0266. The average Bonchev–Trinajstić information content (AvgIpc) is 2.26. The lowest BCUT2D eigenvalue weighted by molar-refractivity contribution is -0.148. The van der Waals surface area contributed by atoms with E-state index in [1.165, 1.54) is 0 Å². The van der Waals surface area contributed by atoms with E-state index in [1.54, 1.807) is 4.90 Å². The van der Waals surface area contributed by atoms with E-state index < -0.39 is 0 Å². The Balaban J connectivity index is 2.53. The second-order valence-corrected chi connectivity index (χ2v) is 4.20. The van der Waals surface area contributed by atoms with Gasteiger partial charge in [-0.1, -0.05) is 0 Å². The highest BCUT2D eigenvalue weighted by Crippen LogP contribution is 2.16. The van der Waals surface area contributed by atoms with Gasteiger partial charge in [0.1, 0.15) is 6.10 Å². The Hall–Kier alpha value is -0.610. The molecule has 0 aromatic heterocycles. The fraction of sp³-hybridized carbons (Fsp3) is 0.909. The first-order chi connectivity index (χ1) is 7.16. The number of ether oxygens (including phenoxy) is 1. The number of hydrogen-bond donors (Lipinski definition) is 1. The molecule has 1 N–H and O–H groups in total. The minimum absolute atomic E-state index is 0.0106. The maximum atomic E-state index is 12.0. The second-order valence-electron chi connectivity index (χ2n) is 4.20. The first kappa shape index (κ1) is 12.5. The maximum Gasteiger partial charge on any atom is 0.252 e. The van der Waals surface area contributed by atoms with Gasteiger partial charge in [0.2, 0.25) is 0 Å². The minimum atomic E-state index is -0.285. The van der Waals surface area contributed by atoms with Crippen LogP contribution in [0.5, 0.6) is 0 Å². The molecule has 0 aromatic carbocycles. The number of nitrogens with zero attached hydrogens (tertiary/aromatic N) is 1. The summed E-state index contributed by atoms with van der Waals surface area (Å²) in [7, 11) is 0. The SMILES string of the molecule is CC(C)N(CCO)C(=O)C1CCCCO1. The lowest BCUT2D eigenvalue weighted by Crippen LogP contribution is -2.46. The predicted octanol–water partition coefficient (Wildman–Crippen LogP) is 0.785. The van der Waals surface area contributed by atoms with E-state index in [-0.39, 0.29) is 24.7 Å². The van der Waals surface area contributed by atoms with Crippen molar-refractivity contribution in [3.8, 4) is 0 Å². The van der Waals surface area contributed by atoms with Crippen molar-refractivity contribution in [2.24, 2.45) is 0 Å². The smallest absolute Gasteiger partial charge is 0.252 e. The Kier molecular flexibility index (Phi) is 5.05. The normalized spacial score (nSPS) is 21.7. The molecular weight excluding hydrogens is 194 g/mol. The van der Waals surface area contributed by atoms with Crippen molar-refractivity contribution in [2.45, 2.75) is 45.3 Å². The van der Waals surface area contributed by atoms with Gasteiger partial charge in [0.05, 0.1) is 6.61 Å². The standard InChI is InChI=1S/C11H21NO3/c1-9(2)12(6-7-13)11(14)10-5-3-4-8-15-10/h9-10,13H,3-8H2,1-2H3. The fourth-order valence-electron chi connectivity index (χ4n) is 1.85. The Morgan fingerprint density at radius 2 is 2.27 bits per heavy atom. The molecule has 1 rings (SSSR count). The van der Waals surface area contributed by atoms with E-state index in [4.69, 9.17) is 9.84 Å². The third kappa shape index (κ3) is 3.47. The number of aliphatic hydroxyl groups is 1.